The number of aromatic nitrogens is 2. The molecule has 1 aliphatic rings. The van der Waals surface area contributed by atoms with Crippen molar-refractivity contribution in [2.24, 2.45) is 0 Å². The molecule has 0 unspecified atom stereocenters. The van der Waals surface area contributed by atoms with E-state index in [4.69, 9.17) is 9.72 Å². The van der Waals surface area contributed by atoms with Crippen molar-refractivity contribution >= 4 is 44.6 Å². The fourth-order valence-corrected chi connectivity index (χ4v) is 8.51. The number of hydrogen-bond acceptors (Lipinski definition) is 5. The zero-order valence-corrected chi connectivity index (χ0v) is 37.0. The Kier molecular flexibility index (Phi) is 9.74. The molecule has 2 aromatic heterocycles. The van der Waals surface area contributed by atoms with Gasteiger partial charge in [-0.05, 0) is 123 Å². The Morgan fingerprint density at radius 3 is 2.02 bits per heavy atom. The summed E-state index contributed by atoms with van der Waals surface area (Å²) in [5.74, 6) is 1.90. The van der Waals surface area contributed by atoms with Gasteiger partial charge in [0.2, 0.25) is 0 Å². The van der Waals surface area contributed by atoms with Crippen LogP contribution in [0.15, 0.2) is 140 Å². The molecule has 0 saturated heterocycles. The number of nitriles is 1. The van der Waals surface area contributed by atoms with Gasteiger partial charge >= 0.3 is 0 Å². The molecule has 62 heavy (non-hydrogen) atoms. The Morgan fingerprint density at radius 2 is 1.31 bits per heavy atom. The van der Waals surface area contributed by atoms with E-state index in [0.29, 0.717) is 23.7 Å². The first-order chi connectivity index (χ1) is 29.5. The lowest BCUT2D eigenvalue weighted by molar-refractivity contribution is 0.483. The number of nitrogens with zero attached hydrogens (tertiary/aromatic N) is 5. The molecule has 6 nitrogen and oxygen atoms in total. The molecule has 6 aromatic carbocycles. The van der Waals surface area contributed by atoms with Crippen molar-refractivity contribution in [1.29, 1.82) is 5.26 Å². The smallest absolute Gasteiger partial charge is 0.137 e. The van der Waals surface area contributed by atoms with Crippen molar-refractivity contribution in [3.05, 3.63) is 168 Å². The van der Waals surface area contributed by atoms with Crippen LogP contribution < -0.4 is 14.5 Å². The second-order valence-electron chi connectivity index (χ2n) is 19.6. The summed E-state index contributed by atoms with van der Waals surface area (Å²) in [5, 5.41) is 11.8. The topological polar surface area (TPSA) is 57.3 Å². The van der Waals surface area contributed by atoms with E-state index in [-0.39, 0.29) is 22.1 Å². The number of para-hydroxylation sites is 1. The maximum Gasteiger partial charge on any atom is 0.137 e. The van der Waals surface area contributed by atoms with Gasteiger partial charge in [-0.15, -0.1) is 0 Å². The highest BCUT2D eigenvalue weighted by Gasteiger charge is 2.33. The minimum absolute atomic E-state index is 0.0660. The Bertz CT molecular complexity index is 3050. The normalized spacial score (nSPS) is 13.2. The van der Waals surface area contributed by atoms with Crippen LogP contribution in [-0.2, 0) is 16.2 Å². The third-order valence-corrected chi connectivity index (χ3v) is 12.0. The lowest BCUT2D eigenvalue weighted by Gasteiger charge is -2.30. The fraction of sp³-hybridized carbons (Fsp3) is 0.236. The maximum atomic E-state index is 14.8. The second-order valence-corrected chi connectivity index (χ2v) is 19.6. The van der Waals surface area contributed by atoms with Gasteiger partial charge in [-0.25, -0.2) is 9.37 Å². The molecule has 0 aliphatic carbocycles. The van der Waals surface area contributed by atoms with Crippen LogP contribution in [0.1, 0.15) is 84.6 Å². The Hall–Kier alpha value is -6.91. The third kappa shape index (κ3) is 7.45. The zero-order chi connectivity index (χ0) is 43.7. The number of hydrogen-bond donors (Lipinski definition) is 0. The molecule has 0 amide bonds. The quantitative estimate of drug-likeness (QED) is 0.167. The minimum atomic E-state index is -0.267. The molecule has 1 aliphatic heterocycles. The highest BCUT2D eigenvalue weighted by atomic mass is 19.1. The predicted octanol–water partition coefficient (Wildman–Crippen LogP) is 14.8. The van der Waals surface area contributed by atoms with Crippen LogP contribution in [-0.4, -0.2) is 16.2 Å². The summed E-state index contributed by atoms with van der Waals surface area (Å²) in [7, 11) is 0. The number of anilines is 4. The maximum absolute atomic E-state index is 14.8. The van der Waals surface area contributed by atoms with E-state index in [0.717, 1.165) is 61.5 Å². The summed E-state index contributed by atoms with van der Waals surface area (Å²) in [6, 6.07) is 46.8. The first-order valence-electron chi connectivity index (χ1n) is 21.3. The van der Waals surface area contributed by atoms with Gasteiger partial charge in [-0.1, -0.05) is 98.7 Å². The van der Waals surface area contributed by atoms with Crippen LogP contribution in [0.2, 0.25) is 0 Å². The number of halogens is 1. The molecule has 0 atom stereocenters. The highest BCUT2D eigenvalue weighted by molar-refractivity contribution is 6.10. The van der Waals surface area contributed by atoms with Gasteiger partial charge in [0.05, 0.1) is 34.0 Å². The summed E-state index contributed by atoms with van der Waals surface area (Å²) in [6.45, 7) is 20.7. The monoisotopic (exact) mass is 817 g/mol. The Balaban J connectivity index is 1.14. The van der Waals surface area contributed by atoms with E-state index in [2.05, 4.69) is 156 Å². The van der Waals surface area contributed by atoms with Crippen LogP contribution in [0.4, 0.5) is 27.1 Å². The fourth-order valence-electron chi connectivity index (χ4n) is 8.51. The van der Waals surface area contributed by atoms with E-state index >= 15 is 0 Å². The molecule has 7 heteroatoms. The van der Waals surface area contributed by atoms with Crippen LogP contribution in [0, 0.1) is 17.1 Å². The number of benzene rings is 6. The van der Waals surface area contributed by atoms with Crippen LogP contribution in [0.5, 0.6) is 11.5 Å². The summed E-state index contributed by atoms with van der Waals surface area (Å²) < 4.78 is 23.7. The SMILES string of the molecule is CC(C)(C)c1cc(N2CN(c3cccc(Oc4ccc5c6cc(C#N)ccc6n(-c6cc(C(C)(C)C)ccn6)c5c4)c3)c3cccc(-c4cccc(F)c4)c32)cc(C(C)(C)C)c1. The van der Waals surface area contributed by atoms with Crippen LogP contribution >= 0.6 is 0 Å². The predicted molar refractivity (Wildman–Crippen MR) is 253 cm³/mol. The molecule has 0 radical (unpaired) electrons. The summed E-state index contributed by atoms with van der Waals surface area (Å²) >= 11 is 0. The second kappa shape index (κ2) is 14.9. The molecule has 0 N–H and O–H groups in total. The van der Waals surface area contributed by atoms with E-state index in [9.17, 15) is 9.65 Å². The van der Waals surface area contributed by atoms with E-state index in [1.54, 1.807) is 12.1 Å². The van der Waals surface area contributed by atoms with Crippen molar-refractivity contribution in [2.45, 2.75) is 78.6 Å². The minimum Gasteiger partial charge on any atom is -0.457 e. The largest absolute Gasteiger partial charge is 0.457 e. The zero-order valence-electron chi connectivity index (χ0n) is 37.0. The number of ether oxygens (including phenoxy) is 1. The summed E-state index contributed by atoms with van der Waals surface area (Å²) in [4.78, 5) is 9.53. The van der Waals surface area contributed by atoms with Crippen LogP contribution in [0.25, 0.3) is 38.8 Å². The first kappa shape index (κ1) is 40.5. The average Bonchev–Trinajstić information content (AvgIpc) is 3.78. The first-order valence-corrected chi connectivity index (χ1v) is 21.3. The van der Waals surface area contributed by atoms with Crippen LogP contribution in [0.3, 0.4) is 0 Å². The molecule has 8 aromatic rings. The number of rotatable bonds is 6. The highest BCUT2D eigenvalue weighted by Crippen LogP contribution is 2.51. The van der Waals surface area contributed by atoms with Crippen molar-refractivity contribution < 1.29 is 9.13 Å². The molecule has 0 saturated carbocycles. The number of pyridine rings is 1. The summed E-state index contributed by atoms with van der Waals surface area (Å²) in [5.41, 5.74) is 11.9. The molecule has 0 spiro atoms. The molecule has 3 heterocycles. The molecule has 0 bridgehead atoms. The van der Waals surface area contributed by atoms with E-state index < -0.39 is 0 Å². The van der Waals surface area contributed by atoms with Gasteiger partial charge in [-0.3, -0.25) is 4.57 Å². The Morgan fingerprint density at radius 1 is 0.597 bits per heavy atom. The molecular weight excluding hydrogens is 766 g/mol. The average molecular weight is 818 g/mol. The standard InChI is InChI=1S/C55H52FN5O/c1-53(2,3)37-23-24-58-51(30-37)61-48-22-19-35(33-57)25-47(48)46-21-20-44(32-50(46)61)62-43-16-11-15-41(31-43)59-34-60(42-28-38(54(4,5)6)27-39(29-42)55(7,8)9)52-45(17-12-18-49(52)59)36-13-10-14-40(56)26-36/h10-32H,34H2,1-9H3. The van der Waals surface area contributed by atoms with Crippen molar-refractivity contribution in [2.75, 3.05) is 16.5 Å². The van der Waals surface area contributed by atoms with E-state index in [1.165, 1.54) is 22.8 Å². The Labute approximate surface area is 364 Å². The summed E-state index contributed by atoms with van der Waals surface area (Å²) in [6.07, 6.45) is 1.87. The van der Waals surface area contributed by atoms with Gasteiger partial charge in [0.15, 0.2) is 0 Å². The van der Waals surface area contributed by atoms with Gasteiger partial charge in [0, 0.05) is 46.0 Å². The number of fused-ring (bicyclic) bond motifs is 4. The molecule has 9 rings (SSSR count). The van der Waals surface area contributed by atoms with Gasteiger partial charge < -0.3 is 14.5 Å². The van der Waals surface area contributed by atoms with Crippen molar-refractivity contribution in [1.82, 2.24) is 9.55 Å². The van der Waals surface area contributed by atoms with Crippen molar-refractivity contribution in [3.8, 4) is 34.5 Å². The molecular formula is C55H52FN5O. The van der Waals surface area contributed by atoms with E-state index in [1.807, 2.05) is 48.7 Å². The van der Waals surface area contributed by atoms with Gasteiger partial charge in [0.1, 0.15) is 29.8 Å². The lowest BCUT2D eigenvalue weighted by atomic mass is 9.80. The molecule has 0 fully saturated rings. The lowest BCUT2D eigenvalue weighted by Crippen LogP contribution is -2.25. The van der Waals surface area contributed by atoms with Crippen molar-refractivity contribution in [3.63, 3.8) is 0 Å². The molecule has 310 valence electrons. The third-order valence-electron chi connectivity index (χ3n) is 12.0. The van der Waals surface area contributed by atoms with Gasteiger partial charge in [0.25, 0.3) is 0 Å². The van der Waals surface area contributed by atoms with Gasteiger partial charge in [-0.2, -0.15) is 5.26 Å².